The lowest BCUT2D eigenvalue weighted by Crippen LogP contribution is -2.20. The van der Waals surface area contributed by atoms with Gasteiger partial charge in [0.2, 0.25) is 5.95 Å². The van der Waals surface area contributed by atoms with Crippen LogP contribution >= 0.6 is 0 Å². The molecule has 2 rings (SSSR count). The van der Waals surface area contributed by atoms with Crippen molar-refractivity contribution in [2.45, 2.75) is 32.8 Å². The van der Waals surface area contributed by atoms with Crippen LogP contribution in [-0.4, -0.2) is 33.4 Å². The van der Waals surface area contributed by atoms with E-state index in [4.69, 9.17) is 0 Å². The molecule has 0 radical (unpaired) electrons. The van der Waals surface area contributed by atoms with E-state index in [0.29, 0.717) is 5.82 Å². The largest absolute Gasteiger partial charge is 0.385 e. The van der Waals surface area contributed by atoms with Gasteiger partial charge >= 0.3 is 0 Å². The van der Waals surface area contributed by atoms with Gasteiger partial charge in [0.1, 0.15) is 6.10 Å². The molecule has 2 atom stereocenters. The smallest absolute Gasteiger partial charge is 0.244 e. The lowest BCUT2D eigenvalue weighted by atomic mass is 10.1. The Labute approximate surface area is 89.5 Å². The average Bonchev–Trinajstić information content (AvgIpc) is 2.86. The van der Waals surface area contributed by atoms with Gasteiger partial charge < -0.3 is 10.0 Å². The first kappa shape index (κ1) is 10.4. The average molecular weight is 210 g/mol. The van der Waals surface area contributed by atoms with Gasteiger partial charge in [0.15, 0.2) is 5.82 Å². The predicted molar refractivity (Wildman–Crippen MR) is 57.6 cm³/mol. The Morgan fingerprint density at radius 1 is 1.67 bits per heavy atom. The van der Waals surface area contributed by atoms with E-state index in [0.717, 1.165) is 25.0 Å². The Kier molecular flexibility index (Phi) is 2.90. The maximum atomic E-state index is 9.33. The van der Waals surface area contributed by atoms with E-state index in [-0.39, 0.29) is 0 Å². The number of hydrogen-bond acceptors (Lipinski definition) is 4. The van der Waals surface area contributed by atoms with Crippen molar-refractivity contribution in [2.24, 2.45) is 5.92 Å². The number of aliphatic hydroxyl groups excluding tert-OH is 1. The zero-order valence-electron chi connectivity index (χ0n) is 9.27. The number of nitrogens with one attached hydrogen (secondary N) is 1. The minimum atomic E-state index is -0.573. The second-order valence-corrected chi connectivity index (χ2v) is 4.21. The van der Waals surface area contributed by atoms with Crippen LogP contribution in [0.1, 0.15) is 38.6 Å². The minimum Gasteiger partial charge on any atom is -0.385 e. The lowest BCUT2D eigenvalue weighted by Gasteiger charge is -2.12. The van der Waals surface area contributed by atoms with Crippen molar-refractivity contribution in [3.8, 4) is 0 Å². The molecular formula is C10H18N4O. The van der Waals surface area contributed by atoms with E-state index >= 15 is 0 Å². The van der Waals surface area contributed by atoms with Crippen molar-refractivity contribution in [3.63, 3.8) is 0 Å². The quantitative estimate of drug-likeness (QED) is 0.784. The predicted octanol–water partition coefficient (Wildman–Crippen LogP) is 1.09. The minimum absolute atomic E-state index is 0.546. The van der Waals surface area contributed by atoms with Crippen molar-refractivity contribution >= 4 is 5.95 Å². The number of nitrogens with zero attached hydrogens (tertiary/aromatic N) is 3. The Hall–Kier alpha value is -1.10. The highest BCUT2D eigenvalue weighted by atomic mass is 16.3. The molecule has 84 valence electrons. The molecule has 2 heterocycles. The molecule has 0 bridgehead atoms. The van der Waals surface area contributed by atoms with Crippen molar-refractivity contribution in [2.75, 3.05) is 18.0 Å². The highest BCUT2D eigenvalue weighted by Crippen LogP contribution is 2.23. The number of aliphatic hydroxyl groups is 1. The molecule has 2 N–H and O–H groups in total. The molecule has 15 heavy (non-hydrogen) atoms. The first-order valence-corrected chi connectivity index (χ1v) is 5.56. The Bertz CT molecular complexity index is 323. The van der Waals surface area contributed by atoms with Crippen LogP contribution in [0.15, 0.2) is 0 Å². The highest BCUT2D eigenvalue weighted by molar-refractivity contribution is 5.30. The molecule has 1 aromatic heterocycles. The number of aromatic amines is 1. The number of rotatable bonds is 3. The Morgan fingerprint density at radius 2 is 2.47 bits per heavy atom. The summed E-state index contributed by atoms with van der Waals surface area (Å²) in [6, 6.07) is 0. The summed E-state index contributed by atoms with van der Waals surface area (Å²) in [4.78, 5) is 6.45. The second-order valence-electron chi connectivity index (χ2n) is 4.21. The molecule has 0 aliphatic carbocycles. The van der Waals surface area contributed by atoms with Gasteiger partial charge in [-0.05, 0) is 19.3 Å². The summed E-state index contributed by atoms with van der Waals surface area (Å²) >= 11 is 0. The molecule has 5 heteroatoms. The number of aromatic nitrogens is 3. The lowest BCUT2D eigenvalue weighted by molar-refractivity contribution is 0.189. The zero-order valence-corrected chi connectivity index (χ0v) is 9.27. The normalized spacial score (nSPS) is 23.4. The van der Waals surface area contributed by atoms with Gasteiger partial charge in [-0.25, -0.2) is 0 Å². The molecule has 1 aromatic rings. The van der Waals surface area contributed by atoms with Gasteiger partial charge in [0.25, 0.3) is 0 Å². The van der Waals surface area contributed by atoms with E-state index in [1.807, 2.05) is 0 Å². The van der Waals surface area contributed by atoms with Crippen LogP contribution in [-0.2, 0) is 0 Å². The van der Waals surface area contributed by atoms with E-state index in [9.17, 15) is 5.11 Å². The summed E-state index contributed by atoms with van der Waals surface area (Å²) in [6.45, 7) is 5.96. The topological polar surface area (TPSA) is 65.0 Å². The number of hydrogen-bond donors (Lipinski definition) is 2. The van der Waals surface area contributed by atoms with Crippen molar-refractivity contribution in [1.82, 2.24) is 15.2 Å². The summed E-state index contributed by atoms with van der Waals surface area (Å²) in [5.41, 5.74) is 0. The third-order valence-corrected chi connectivity index (χ3v) is 3.03. The van der Waals surface area contributed by atoms with Crippen LogP contribution in [0.2, 0.25) is 0 Å². The van der Waals surface area contributed by atoms with Crippen molar-refractivity contribution in [3.05, 3.63) is 5.82 Å². The SMILES string of the molecule is CCC1CCN(c2n[nH]c(C(C)O)n2)C1. The van der Waals surface area contributed by atoms with Gasteiger partial charge in [-0.1, -0.05) is 13.3 Å². The van der Waals surface area contributed by atoms with Gasteiger partial charge in [-0.2, -0.15) is 4.98 Å². The molecule has 1 aliphatic heterocycles. The van der Waals surface area contributed by atoms with E-state index in [1.165, 1.54) is 12.8 Å². The molecule has 2 unspecified atom stereocenters. The molecule has 0 saturated carbocycles. The van der Waals surface area contributed by atoms with Crippen LogP contribution in [0, 0.1) is 5.92 Å². The summed E-state index contributed by atoms with van der Waals surface area (Å²) in [5, 5.41) is 16.2. The molecule has 1 fully saturated rings. The zero-order chi connectivity index (χ0) is 10.8. The van der Waals surface area contributed by atoms with Crippen molar-refractivity contribution < 1.29 is 5.11 Å². The third kappa shape index (κ3) is 2.12. The van der Waals surface area contributed by atoms with E-state index < -0.39 is 6.10 Å². The molecule has 0 amide bonds. The van der Waals surface area contributed by atoms with Gasteiger partial charge in [0.05, 0.1) is 0 Å². The highest BCUT2D eigenvalue weighted by Gasteiger charge is 2.24. The van der Waals surface area contributed by atoms with E-state index in [2.05, 4.69) is 27.0 Å². The molecule has 5 nitrogen and oxygen atoms in total. The fourth-order valence-electron chi connectivity index (χ4n) is 1.94. The van der Waals surface area contributed by atoms with Crippen LogP contribution in [0.4, 0.5) is 5.95 Å². The molecule has 0 aromatic carbocycles. The van der Waals surface area contributed by atoms with Gasteiger partial charge in [-0.15, -0.1) is 5.10 Å². The number of H-pyrrole nitrogens is 1. The maximum absolute atomic E-state index is 9.33. The first-order valence-electron chi connectivity index (χ1n) is 5.56. The second kappa shape index (κ2) is 4.18. The molecule has 1 aliphatic rings. The standard InChI is InChI=1S/C10H18N4O/c1-3-8-4-5-14(6-8)10-11-9(7(2)15)12-13-10/h7-8,15H,3-6H2,1-2H3,(H,11,12,13). The third-order valence-electron chi connectivity index (χ3n) is 3.03. The molecule has 0 spiro atoms. The Morgan fingerprint density at radius 3 is 3.00 bits per heavy atom. The monoisotopic (exact) mass is 210 g/mol. The first-order chi connectivity index (χ1) is 7.20. The van der Waals surface area contributed by atoms with Crippen molar-refractivity contribution in [1.29, 1.82) is 0 Å². The van der Waals surface area contributed by atoms with E-state index in [1.54, 1.807) is 6.92 Å². The molecule has 1 saturated heterocycles. The number of anilines is 1. The van der Waals surface area contributed by atoms with Gasteiger partial charge in [0, 0.05) is 13.1 Å². The van der Waals surface area contributed by atoms with Crippen LogP contribution in [0.5, 0.6) is 0 Å². The van der Waals surface area contributed by atoms with Crippen LogP contribution < -0.4 is 4.90 Å². The summed E-state index contributed by atoms with van der Waals surface area (Å²) in [5.74, 6) is 2.03. The fraction of sp³-hybridized carbons (Fsp3) is 0.800. The van der Waals surface area contributed by atoms with Gasteiger partial charge in [-0.3, -0.25) is 5.10 Å². The maximum Gasteiger partial charge on any atom is 0.244 e. The Balaban J connectivity index is 2.04. The van der Waals surface area contributed by atoms with Crippen LogP contribution in [0.25, 0.3) is 0 Å². The summed E-state index contributed by atoms with van der Waals surface area (Å²) < 4.78 is 0. The summed E-state index contributed by atoms with van der Waals surface area (Å²) in [7, 11) is 0. The fourth-order valence-corrected chi connectivity index (χ4v) is 1.94. The van der Waals surface area contributed by atoms with Crippen LogP contribution in [0.3, 0.4) is 0 Å². The summed E-state index contributed by atoms with van der Waals surface area (Å²) in [6.07, 6.45) is 1.86. The molecular weight excluding hydrogens is 192 g/mol.